The van der Waals surface area contributed by atoms with E-state index in [0.29, 0.717) is 13.0 Å². The predicted molar refractivity (Wildman–Crippen MR) is 68.7 cm³/mol. The molecule has 3 N–H and O–H groups in total. The van der Waals surface area contributed by atoms with Gasteiger partial charge in [-0.05, 0) is 33.9 Å². The number of carbonyl (C=O) groups excluding carboxylic acids is 2. The lowest BCUT2D eigenvalue weighted by Gasteiger charge is -2.33. The van der Waals surface area contributed by atoms with E-state index in [1.54, 1.807) is 0 Å². The summed E-state index contributed by atoms with van der Waals surface area (Å²) in [7, 11) is 3.72. The maximum atomic E-state index is 10.0. The molecule has 0 aliphatic heterocycles. The summed E-state index contributed by atoms with van der Waals surface area (Å²) in [6.45, 7) is 2.63. The van der Waals surface area contributed by atoms with Crippen LogP contribution in [0.5, 0.6) is 0 Å². The summed E-state index contributed by atoms with van der Waals surface area (Å²) >= 11 is 0. The zero-order chi connectivity index (χ0) is 13.9. The Morgan fingerprint density at radius 3 is 2.28 bits per heavy atom. The van der Waals surface area contributed by atoms with Crippen LogP contribution in [0.4, 0.5) is 0 Å². The predicted octanol–water partition coefficient (Wildman–Crippen LogP) is -0.491. The fourth-order valence-corrected chi connectivity index (χ4v) is 1.57. The number of rotatable bonds is 10. The second-order valence-electron chi connectivity index (χ2n) is 4.11. The van der Waals surface area contributed by atoms with Crippen molar-refractivity contribution in [1.82, 2.24) is 16.0 Å². The molecule has 0 aliphatic carbocycles. The minimum atomic E-state index is -0.243. The van der Waals surface area contributed by atoms with Gasteiger partial charge in [-0.25, -0.2) is 14.6 Å². The van der Waals surface area contributed by atoms with Gasteiger partial charge in [0.15, 0.2) is 0 Å². The van der Waals surface area contributed by atoms with Crippen LogP contribution in [0.3, 0.4) is 0 Å². The van der Waals surface area contributed by atoms with Gasteiger partial charge in [0.2, 0.25) is 12.2 Å². The first-order valence-electron chi connectivity index (χ1n) is 5.80. The number of nitrogens with zero attached hydrogens (tertiary/aromatic N) is 2. The van der Waals surface area contributed by atoms with Gasteiger partial charge < -0.3 is 10.6 Å². The van der Waals surface area contributed by atoms with Crippen LogP contribution in [0, 0.1) is 0 Å². The molecule has 0 spiro atoms. The number of nitrogens with one attached hydrogen (secondary N) is 3. The van der Waals surface area contributed by atoms with Gasteiger partial charge in [-0.15, -0.1) is 0 Å². The van der Waals surface area contributed by atoms with E-state index < -0.39 is 0 Å². The molecule has 0 amide bonds. The molecule has 0 bridgehead atoms. The van der Waals surface area contributed by atoms with E-state index in [-0.39, 0.29) is 18.4 Å². The molecular formula is C11H21N5O2. The molecule has 0 fully saturated rings. The molecular weight excluding hydrogens is 234 g/mol. The summed E-state index contributed by atoms with van der Waals surface area (Å²) in [5.41, 5.74) is -0.243. The van der Waals surface area contributed by atoms with Crippen LogP contribution in [-0.2, 0) is 9.59 Å². The van der Waals surface area contributed by atoms with E-state index in [1.165, 1.54) is 12.2 Å². The van der Waals surface area contributed by atoms with Gasteiger partial charge in [-0.2, -0.15) is 4.99 Å². The molecule has 1 atom stereocenters. The van der Waals surface area contributed by atoms with E-state index in [1.807, 2.05) is 21.0 Å². The van der Waals surface area contributed by atoms with E-state index >= 15 is 0 Å². The van der Waals surface area contributed by atoms with E-state index in [4.69, 9.17) is 0 Å². The molecule has 0 saturated carbocycles. The maximum absolute atomic E-state index is 10.0. The molecule has 0 aromatic heterocycles. The summed E-state index contributed by atoms with van der Waals surface area (Å²) in [6, 6.07) is 0.0732. The molecule has 7 heteroatoms. The van der Waals surface area contributed by atoms with Crippen molar-refractivity contribution < 1.29 is 9.59 Å². The third-order valence-corrected chi connectivity index (χ3v) is 2.94. The molecule has 0 aliphatic rings. The normalized spacial score (nSPS) is 12.4. The SMILES string of the molecule is CNC(C)(CC(CCN=C=O)NCN=C=O)NC. The van der Waals surface area contributed by atoms with Gasteiger partial charge >= 0.3 is 0 Å². The Morgan fingerprint density at radius 1 is 1.17 bits per heavy atom. The van der Waals surface area contributed by atoms with Crippen molar-refractivity contribution in [3.05, 3.63) is 0 Å². The van der Waals surface area contributed by atoms with Crippen molar-refractivity contribution in [3.8, 4) is 0 Å². The third kappa shape index (κ3) is 7.06. The van der Waals surface area contributed by atoms with Crippen molar-refractivity contribution in [2.75, 3.05) is 27.3 Å². The summed E-state index contributed by atoms with van der Waals surface area (Å²) in [4.78, 5) is 27.0. The van der Waals surface area contributed by atoms with Crippen molar-refractivity contribution >= 4 is 12.2 Å². The van der Waals surface area contributed by atoms with E-state index in [0.717, 1.165) is 6.42 Å². The highest BCUT2D eigenvalue weighted by atomic mass is 16.1. The van der Waals surface area contributed by atoms with Gasteiger partial charge in [-0.3, -0.25) is 5.32 Å². The standard InChI is InChI=1S/C11H21N5O2/c1-11(12-2,13-3)6-10(4-5-14-8-17)16-7-15-9-18/h10,12-13,16H,4-7H2,1-3H3. The average molecular weight is 255 g/mol. The monoisotopic (exact) mass is 255 g/mol. The van der Waals surface area contributed by atoms with E-state index in [9.17, 15) is 9.59 Å². The fourth-order valence-electron chi connectivity index (χ4n) is 1.57. The van der Waals surface area contributed by atoms with Crippen molar-refractivity contribution in [3.63, 3.8) is 0 Å². The number of isocyanates is 2. The van der Waals surface area contributed by atoms with Gasteiger partial charge in [0.1, 0.15) is 6.67 Å². The Hall–Kier alpha value is -1.36. The lowest BCUT2D eigenvalue weighted by Crippen LogP contribution is -2.55. The number of aliphatic imine (C=N–C) groups is 2. The summed E-state index contributed by atoms with van der Waals surface area (Å²) < 4.78 is 0. The highest BCUT2D eigenvalue weighted by molar-refractivity contribution is 5.33. The average Bonchev–Trinajstić information content (AvgIpc) is 2.39. The Morgan fingerprint density at radius 2 is 1.78 bits per heavy atom. The lowest BCUT2D eigenvalue weighted by atomic mass is 10.00. The van der Waals surface area contributed by atoms with Crippen LogP contribution in [0.25, 0.3) is 0 Å². The molecule has 18 heavy (non-hydrogen) atoms. The summed E-state index contributed by atoms with van der Waals surface area (Å²) in [6.07, 6.45) is 4.41. The highest BCUT2D eigenvalue weighted by Crippen LogP contribution is 2.10. The van der Waals surface area contributed by atoms with Crippen LogP contribution in [-0.4, -0.2) is 51.2 Å². The smallest absolute Gasteiger partial charge is 0.236 e. The minimum Gasteiger partial charge on any atom is -0.303 e. The largest absolute Gasteiger partial charge is 0.303 e. The van der Waals surface area contributed by atoms with Gasteiger partial charge in [-0.1, -0.05) is 0 Å². The van der Waals surface area contributed by atoms with Crippen molar-refractivity contribution in [2.24, 2.45) is 9.98 Å². The second-order valence-corrected chi connectivity index (χ2v) is 4.11. The highest BCUT2D eigenvalue weighted by Gasteiger charge is 2.24. The molecule has 0 aromatic rings. The Kier molecular flexibility index (Phi) is 8.92. The Balaban J connectivity index is 4.42. The molecule has 102 valence electrons. The van der Waals surface area contributed by atoms with Crippen LogP contribution in [0.1, 0.15) is 19.8 Å². The quantitative estimate of drug-likeness (QED) is 0.278. The van der Waals surface area contributed by atoms with Crippen molar-refractivity contribution in [1.29, 1.82) is 0 Å². The lowest BCUT2D eigenvalue weighted by molar-refractivity contribution is 0.258. The zero-order valence-corrected chi connectivity index (χ0v) is 11.1. The fraction of sp³-hybridized carbons (Fsp3) is 0.818. The van der Waals surface area contributed by atoms with Crippen LogP contribution < -0.4 is 16.0 Å². The van der Waals surface area contributed by atoms with Crippen LogP contribution in [0.2, 0.25) is 0 Å². The topological polar surface area (TPSA) is 94.9 Å². The summed E-state index contributed by atoms with van der Waals surface area (Å²) in [5, 5.41) is 9.45. The van der Waals surface area contributed by atoms with Gasteiger partial charge in [0.25, 0.3) is 0 Å². The second kappa shape index (κ2) is 9.65. The van der Waals surface area contributed by atoms with Crippen molar-refractivity contribution in [2.45, 2.75) is 31.5 Å². The molecule has 0 radical (unpaired) electrons. The molecule has 0 aromatic carbocycles. The molecule has 0 heterocycles. The molecule has 0 saturated heterocycles. The first-order valence-corrected chi connectivity index (χ1v) is 5.80. The van der Waals surface area contributed by atoms with Crippen LogP contribution >= 0.6 is 0 Å². The molecule has 1 unspecified atom stereocenters. The number of hydrogen-bond donors (Lipinski definition) is 3. The zero-order valence-electron chi connectivity index (χ0n) is 11.1. The maximum Gasteiger partial charge on any atom is 0.236 e. The first-order chi connectivity index (χ1) is 8.61. The van der Waals surface area contributed by atoms with Crippen LogP contribution in [0.15, 0.2) is 9.98 Å². The Labute approximate surface area is 107 Å². The van der Waals surface area contributed by atoms with Gasteiger partial charge in [0, 0.05) is 6.04 Å². The third-order valence-electron chi connectivity index (χ3n) is 2.94. The summed E-state index contributed by atoms with van der Waals surface area (Å²) in [5.74, 6) is 0. The molecule has 7 nitrogen and oxygen atoms in total. The minimum absolute atomic E-state index is 0.0732. The number of hydrogen-bond acceptors (Lipinski definition) is 7. The molecule has 0 rings (SSSR count). The Bertz CT molecular complexity index is 295. The van der Waals surface area contributed by atoms with E-state index in [2.05, 4.69) is 25.9 Å². The van der Waals surface area contributed by atoms with Gasteiger partial charge in [0.05, 0.1) is 12.2 Å². The first kappa shape index (κ1) is 16.6.